The Bertz CT molecular complexity index is 460. The van der Waals surface area contributed by atoms with Crippen LogP contribution in [0.1, 0.15) is 13.8 Å². The molecule has 0 bridgehead atoms. The van der Waals surface area contributed by atoms with Crippen molar-refractivity contribution >= 4 is 29.0 Å². The molecule has 0 heterocycles. The molecule has 19 heavy (non-hydrogen) atoms. The van der Waals surface area contributed by atoms with Crippen LogP contribution in [-0.2, 0) is 9.53 Å². The van der Waals surface area contributed by atoms with Gasteiger partial charge in [0, 0.05) is 17.5 Å². The van der Waals surface area contributed by atoms with Crippen molar-refractivity contribution in [2.75, 3.05) is 11.9 Å². The number of carbonyl (C=O) groups excluding carboxylic acids is 1. The molecule has 0 fully saturated rings. The third kappa shape index (κ3) is 6.42. The van der Waals surface area contributed by atoms with Gasteiger partial charge in [-0.05, 0) is 38.2 Å². The number of anilines is 1. The van der Waals surface area contributed by atoms with E-state index in [1.165, 1.54) is 6.08 Å². The van der Waals surface area contributed by atoms with Gasteiger partial charge in [0.2, 0.25) is 0 Å². The number of esters is 1. The first-order valence-electron chi connectivity index (χ1n) is 5.85. The number of allylic oxidation sites excluding steroid dienone is 1. The Morgan fingerprint density at radius 3 is 2.63 bits per heavy atom. The van der Waals surface area contributed by atoms with E-state index in [4.69, 9.17) is 17.0 Å². The molecule has 0 spiro atoms. The van der Waals surface area contributed by atoms with Crippen LogP contribution in [0.5, 0.6) is 0 Å². The molecule has 0 aromatic heterocycles. The van der Waals surface area contributed by atoms with Crippen LogP contribution >= 0.6 is 12.2 Å². The lowest BCUT2D eigenvalue weighted by Crippen LogP contribution is -2.39. The number of para-hydroxylation sites is 1. The molecule has 0 unspecified atom stereocenters. The number of hydrogen-bond acceptors (Lipinski definition) is 4. The van der Waals surface area contributed by atoms with E-state index in [0.29, 0.717) is 17.4 Å². The maximum atomic E-state index is 11.2. The Labute approximate surface area is 118 Å². The fraction of sp³-hybridized carbons (Fsp3) is 0.231. The zero-order chi connectivity index (χ0) is 14.1. The highest BCUT2D eigenvalue weighted by molar-refractivity contribution is 7.80. The molecule has 0 radical (unpaired) electrons. The second kappa shape index (κ2) is 8.10. The van der Waals surface area contributed by atoms with Gasteiger partial charge < -0.3 is 15.5 Å². The number of hydrogen-bond donors (Lipinski definition) is 3. The van der Waals surface area contributed by atoms with Crippen LogP contribution in [0.15, 0.2) is 42.1 Å². The van der Waals surface area contributed by atoms with Crippen molar-refractivity contribution in [3.05, 3.63) is 42.1 Å². The van der Waals surface area contributed by atoms with Gasteiger partial charge in [-0.25, -0.2) is 4.79 Å². The number of benzene rings is 1. The fourth-order valence-corrected chi connectivity index (χ4v) is 1.40. The first kappa shape index (κ1) is 15.0. The Morgan fingerprint density at radius 2 is 2.00 bits per heavy atom. The van der Waals surface area contributed by atoms with Crippen molar-refractivity contribution < 1.29 is 9.53 Å². The average Bonchev–Trinajstić information content (AvgIpc) is 2.38. The molecule has 0 aliphatic carbocycles. The third-order valence-electron chi connectivity index (χ3n) is 2.03. The van der Waals surface area contributed by atoms with Crippen LogP contribution in [0.4, 0.5) is 5.69 Å². The summed E-state index contributed by atoms with van der Waals surface area (Å²) in [4.78, 5) is 11.2. The van der Waals surface area contributed by atoms with E-state index in [1.807, 2.05) is 30.3 Å². The van der Waals surface area contributed by atoms with Gasteiger partial charge >= 0.3 is 5.97 Å². The summed E-state index contributed by atoms with van der Waals surface area (Å²) in [5.41, 5.74) is 7.06. The molecule has 5 nitrogen and oxygen atoms in total. The largest absolute Gasteiger partial charge is 0.463 e. The zero-order valence-electron chi connectivity index (χ0n) is 10.9. The number of hydrazine groups is 1. The van der Waals surface area contributed by atoms with E-state index < -0.39 is 5.97 Å². The van der Waals surface area contributed by atoms with E-state index in [2.05, 4.69) is 16.2 Å². The lowest BCUT2D eigenvalue weighted by Gasteiger charge is -2.12. The van der Waals surface area contributed by atoms with Gasteiger partial charge in [0.05, 0.1) is 6.61 Å². The minimum atomic E-state index is -0.392. The Morgan fingerprint density at radius 1 is 1.32 bits per heavy atom. The number of nitrogens with one attached hydrogen (secondary N) is 3. The Kier molecular flexibility index (Phi) is 6.38. The summed E-state index contributed by atoms with van der Waals surface area (Å²) in [5, 5.41) is 3.40. The molecular weight excluding hydrogens is 262 g/mol. The van der Waals surface area contributed by atoms with Crippen LogP contribution in [-0.4, -0.2) is 17.7 Å². The predicted molar refractivity (Wildman–Crippen MR) is 79.3 cm³/mol. The van der Waals surface area contributed by atoms with Gasteiger partial charge in [0.1, 0.15) is 0 Å². The number of rotatable bonds is 5. The molecule has 0 saturated heterocycles. The summed E-state index contributed by atoms with van der Waals surface area (Å²) in [6, 6.07) is 9.53. The van der Waals surface area contributed by atoms with E-state index >= 15 is 0 Å². The van der Waals surface area contributed by atoms with E-state index in [9.17, 15) is 4.79 Å². The molecular formula is C13H17N3O2S. The predicted octanol–water partition coefficient (Wildman–Crippen LogP) is 1.94. The van der Waals surface area contributed by atoms with Gasteiger partial charge in [-0.15, -0.1) is 0 Å². The second-order valence-corrected chi connectivity index (χ2v) is 4.06. The van der Waals surface area contributed by atoms with Crippen LogP contribution < -0.4 is 16.2 Å². The third-order valence-corrected chi connectivity index (χ3v) is 2.23. The van der Waals surface area contributed by atoms with Crippen molar-refractivity contribution in [3.63, 3.8) is 0 Å². The Balaban J connectivity index is 2.36. The number of thiocarbonyl (C=S) groups is 1. The summed E-state index contributed by atoms with van der Waals surface area (Å²) in [6.07, 6.45) is 1.35. The molecule has 0 saturated carbocycles. The van der Waals surface area contributed by atoms with E-state index in [0.717, 1.165) is 5.69 Å². The summed E-state index contributed by atoms with van der Waals surface area (Å²) >= 11 is 5.09. The molecule has 0 aliphatic heterocycles. The van der Waals surface area contributed by atoms with Crippen molar-refractivity contribution in [2.45, 2.75) is 13.8 Å². The molecule has 0 aliphatic rings. The van der Waals surface area contributed by atoms with Crippen LogP contribution in [0.25, 0.3) is 0 Å². The molecule has 1 aromatic carbocycles. The molecule has 1 aromatic rings. The summed E-state index contributed by atoms with van der Waals surface area (Å²) in [7, 11) is 0. The van der Waals surface area contributed by atoms with Gasteiger partial charge in [-0.2, -0.15) is 0 Å². The maximum Gasteiger partial charge on any atom is 0.332 e. The molecule has 0 amide bonds. The second-order valence-electron chi connectivity index (χ2n) is 3.65. The highest BCUT2D eigenvalue weighted by atomic mass is 32.1. The van der Waals surface area contributed by atoms with E-state index in [1.54, 1.807) is 13.8 Å². The minimum absolute atomic E-state index is 0.351. The highest BCUT2D eigenvalue weighted by Gasteiger charge is 1.99. The standard InChI is InChI=1S/C13H17N3O2S/c1-3-18-12(17)9-10(2)15-16-13(19)14-11-7-5-4-6-8-11/h4-9,15H,3H2,1-2H3,(H2,14,16,19). The average molecular weight is 279 g/mol. The van der Waals surface area contributed by atoms with Crippen LogP contribution in [0.2, 0.25) is 0 Å². The maximum absolute atomic E-state index is 11.2. The SMILES string of the molecule is CCOC(=O)C=C(C)NNC(=S)Nc1ccccc1. The normalized spacial score (nSPS) is 10.5. The summed E-state index contributed by atoms with van der Waals surface area (Å²) in [6.45, 7) is 3.84. The van der Waals surface area contributed by atoms with Crippen molar-refractivity contribution in [2.24, 2.45) is 0 Å². The quantitative estimate of drug-likeness (QED) is 0.331. The van der Waals surface area contributed by atoms with Crippen molar-refractivity contribution in [1.82, 2.24) is 10.9 Å². The Hall–Kier alpha value is -2.08. The minimum Gasteiger partial charge on any atom is -0.463 e. The monoisotopic (exact) mass is 279 g/mol. The summed E-state index contributed by atoms with van der Waals surface area (Å²) in [5.74, 6) is -0.392. The number of ether oxygens (including phenoxy) is 1. The molecule has 102 valence electrons. The van der Waals surface area contributed by atoms with Crippen molar-refractivity contribution in [1.29, 1.82) is 0 Å². The van der Waals surface area contributed by atoms with E-state index in [-0.39, 0.29) is 0 Å². The van der Waals surface area contributed by atoms with Gasteiger partial charge in [-0.3, -0.25) is 5.43 Å². The van der Waals surface area contributed by atoms with Crippen LogP contribution in [0.3, 0.4) is 0 Å². The van der Waals surface area contributed by atoms with Crippen LogP contribution in [0, 0.1) is 0 Å². The lowest BCUT2D eigenvalue weighted by atomic mass is 10.3. The lowest BCUT2D eigenvalue weighted by molar-refractivity contribution is -0.137. The summed E-state index contributed by atoms with van der Waals surface area (Å²) < 4.78 is 4.78. The molecule has 1 rings (SSSR count). The van der Waals surface area contributed by atoms with Gasteiger partial charge in [0.25, 0.3) is 0 Å². The van der Waals surface area contributed by atoms with Gasteiger partial charge in [0.15, 0.2) is 5.11 Å². The number of carbonyl (C=O) groups is 1. The first-order chi connectivity index (χ1) is 9.11. The van der Waals surface area contributed by atoms with Crippen molar-refractivity contribution in [3.8, 4) is 0 Å². The van der Waals surface area contributed by atoms with Gasteiger partial charge in [-0.1, -0.05) is 18.2 Å². The molecule has 6 heteroatoms. The highest BCUT2D eigenvalue weighted by Crippen LogP contribution is 2.03. The zero-order valence-corrected chi connectivity index (χ0v) is 11.7. The smallest absolute Gasteiger partial charge is 0.332 e. The molecule has 3 N–H and O–H groups in total. The topological polar surface area (TPSA) is 62.4 Å². The first-order valence-corrected chi connectivity index (χ1v) is 6.25. The molecule has 0 atom stereocenters. The fourth-order valence-electron chi connectivity index (χ4n) is 1.24.